The Hall–Kier alpha value is -3.89. The highest BCUT2D eigenvalue weighted by molar-refractivity contribution is 7.89. The number of nitrogens with two attached hydrogens (primary N) is 2. The van der Waals surface area contributed by atoms with Crippen LogP contribution in [0.5, 0.6) is 11.5 Å². The zero-order valence-corrected chi connectivity index (χ0v) is 22.7. The van der Waals surface area contributed by atoms with Crippen LogP contribution >= 0.6 is 12.8 Å². The number of carbonyl (C=O) groups is 1. The third-order valence-electron chi connectivity index (χ3n) is 5.77. The highest BCUT2D eigenvalue weighted by atomic mass is 32.2. The van der Waals surface area contributed by atoms with E-state index in [-0.39, 0.29) is 22.0 Å². The second-order valence-electron chi connectivity index (χ2n) is 8.71. The molecule has 2 unspecified atom stereocenters. The molecule has 4 aromatic rings. The molecule has 0 saturated carbocycles. The number of aromatic nitrogens is 2. The summed E-state index contributed by atoms with van der Waals surface area (Å²) in [5.41, 5.74) is 6.33. The number of nitrogens with zero attached hydrogens (tertiary/aromatic N) is 2. The molecule has 1 aromatic heterocycles. The van der Waals surface area contributed by atoms with E-state index in [0.29, 0.717) is 17.7 Å². The minimum absolute atomic E-state index is 0.0952. The van der Waals surface area contributed by atoms with Crippen LogP contribution in [0.15, 0.2) is 83.8 Å². The maximum absolute atomic E-state index is 13.5. The maximum atomic E-state index is 13.5. The van der Waals surface area contributed by atoms with Crippen molar-refractivity contribution in [3.63, 3.8) is 0 Å². The number of thiol groups is 1. The van der Waals surface area contributed by atoms with Crippen molar-refractivity contribution >= 4 is 29.1 Å². The second kappa shape index (κ2) is 12.3. The van der Waals surface area contributed by atoms with Crippen LogP contribution in [-0.2, 0) is 27.4 Å². The van der Waals surface area contributed by atoms with Gasteiger partial charge in [0.1, 0.15) is 17.8 Å². The molecule has 41 heavy (non-hydrogen) atoms. The summed E-state index contributed by atoms with van der Waals surface area (Å²) in [7, 11) is -3.99. The van der Waals surface area contributed by atoms with Crippen LogP contribution in [0.4, 0.5) is 13.2 Å². The first kappa shape index (κ1) is 30.1. The Morgan fingerprint density at radius 2 is 1.54 bits per heavy atom. The number of aldehydes is 1. The monoisotopic (exact) mass is 607 g/mol. The summed E-state index contributed by atoms with van der Waals surface area (Å²) in [6, 6.07) is 18.3. The molecule has 216 valence electrons. The van der Waals surface area contributed by atoms with Crippen molar-refractivity contribution in [3.05, 3.63) is 90.1 Å². The minimum atomic E-state index is -4.72. The number of nitrogens with one attached hydrogen (secondary N) is 1. The van der Waals surface area contributed by atoms with Crippen molar-refractivity contribution < 1.29 is 35.9 Å². The van der Waals surface area contributed by atoms with Crippen LogP contribution in [0.25, 0.3) is 16.9 Å². The van der Waals surface area contributed by atoms with E-state index >= 15 is 0 Å². The van der Waals surface area contributed by atoms with Gasteiger partial charge in [-0.1, -0.05) is 24.9 Å². The van der Waals surface area contributed by atoms with Crippen LogP contribution in [-0.4, -0.2) is 36.9 Å². The molecule has 3 aromatic carbocycles. The summed E-state index contributed by atoms with van der Waals surface area (Å²) in [4.78, 5) is 10.8. The Bertz CT molecular complexity index is 1590. The van der Waals surface area contributed by atoms with Gasteiger partial charge in [-0.15, -0.1) is 0 Å². The molecule has 0 aliphatic carbocycles. The molecule has 0 spiro atoms. The molecule has 0 amide bonds. The number of hydrogen-bond donors (Lipinski definition) is 4. The molecule has 10 nitrogen and oxygen atoms in total. The van der Waals surface area contributed by atoms with E-state index < -0.39 is 34.3 Å². The van der Waals surface area contributed by atoms with Gasteiger partial charge in [0.15, 0.2) is 5.69 Å². The first-order valence-corrected chi connectivity index (χ1v) is 13.8. The average Bonchev–Trinajstić information content (AvgIpc) is 3.39. The molecule has 5 N–H and O–H groups in total. The highest BCUT2D eigenvalue weighted by Crippen LogP contribution is 2.34. The smallest absolute Gasteiger partial charge is 0.435 e. The Morgan fingerprint density at radius 3 is 2.02 bits per heavy atom. The lowest BCUT2D eigenvalue weighted by Crippen LogP contribution is -2.33. The standard InChI is InChI=1S/C26H24F3N5O5S2/c27-26(28,29)24-14-23(34(32-24)19-5-11-22(12-6-19)41(31,36)37)17-3-9-21(10-4-17)39-25(30)38-20-7-1-16(2-8-20)13-18(15-35)33-40/h1-12,14-15,18,25,33,40H,13,30H2,(H2,31,36,37). The van der Waals surface area contributed by atoms with Crippen molar-refractivity contribution in [2.45, 2.75) is 29.9 Å². The van der Waals surface area contributed by atoms with Gasteiger partial charge in [0.05, 0.1) is 22.3 Å². The van der Waals surface area contributed by atoms with Gasteiger partial charge in [0, 0.05) is 5.56 Å². The van der Waals surface area contributed by atoms with Gasteiger partial charge in [-0.2, -0.15) is 18.3 Å². The Kier molecular flexibility index (Phi) is 9.04. The van der Waals surface area contributed by atoms with E-state index in [4.69, 9.17) is 20.3 Å². The van der Waals surface area contributed by atoms with E-state index in [2.05, 4.69) is 22.6 Å². The first-order chi connectivity index (χ1) is 19.4. The van der Waals surface area contributed by atoms with Crippen LogP contribution in [0.3, 0.4) is 0 Å². The molecular weight excluding hydrogens is 583 g/mol. The fourth-order valence-corrected chi connectivity index (χ4v) is 4.45. The number of alkyl halides is 3. The lowest BCUT2D eigenvalue weighted by Gasteiger charge is -2.17. The van der Waals surface area contributed by atoms with Gasteiger partial charge in [-0.25, -0.2) is 18.2 Å². The van der Waals surface area contributed by atoms with Crippen molar-refractivity contribution in [2.75, 3.05) is 0 Å². The number of ether oxygens (including phenoxy) is 2. The zero-order chi connectivity index (χ0) is 29.8. The van der Waals surface area contributed by atoms with E-state index in [9.17, 15) is 26.4 Å². The van der Waals surface area contributed by atoms with E-state index in [0.717, 1.165) is 22.6 Å². The van der Waals surface area contributed by atoms with Crippen LogP contribution in [0.2, 0.25) is 0 Å². The molecule has 0 aliphatic heterocycles. The SMILES string of the molecule is NC(Oc1ccc(CC(C=O)NS)cc1)Oc1ccc(-c2cc(C(F)(F)F)nn2-c2ccc(S(N)(=O)=O)cc2)cc1. The number of sulfonamides is 1. The summed E-state index contributed by atoms with van der Waals surface area (Å²) >= 11 is 3.90. The predicted octanol–water partition coefficient (Wildman–Crippen LogP) is 3.45. The summed E-state index contributed by atoms with van der Waals surface area (Å²) in [6.07, 6.45) is -4.73. The number of primary sulfonamides is 1. The molecule has 2 atom stereocenters. The lowest BCUT2D eigenvalue weighted by atomic mass is 10.1. The Morgan fingerprint density at radius 1 is 0.976 bits per heavy atom. The third-order valence-corrected chi connectivity index (χ3v) is 7.03. The van der Waals surface area contributed by atoms with Gasteiger partial charge in [-0.3, -0.25) is 10.5 Å². The predicted molar refractivity (Wildman–Crippen MR) is 147 cm³/mol. The van der Waals surface area contributed by atoms with Crippen molar-refractivity contribution in [2.24, 2.45) is 10.9 Å². The Balaban J connectivity index is 1.50. The maximum Gasteiger partial charge on any atom is 0.435 e. The molecule has 0 radical (unpaired) electrons. The summed E-state index contributed by atoms with van der Waals surface area (Å²) < 4.78 is 78.3. The summed E-state index contributed by atoms with van der Waals surface area (Å²) in [6.45, 7) is 0. The fourth-order valence-electron chi connectivity index (χ4n) is 3.78. The highest BCUT2D eigenvalue weighted by Gasteiger charge is 2.35. The number of rotatable bonds is 11. The normalized spacial score (nSPS) is 13.4. The van der Waals surface area contributed by atoms with Crippen molar-refractivity contribution in [3.8, 4) is 28.4 Å². The first-order valence-electron chi connectivity index (χ1n) is 11.8. The number of hydrogen-bond acceptors (Lipinski definition) is 9. The molecular formula is C26H24F3N5O5S2. The number of benzene rings is 3. The average molecular weight is 608 g/mol. The van der Waals surface area contributed by atoms with Crippen LogP contribution < -0.4 is 25.1 Å². The molecule has 0 bridgehead atoms. The molecule has 4 rings (SSSR count). The summed E-state index contributed by atoms with van der Waals surface area (Å²) in [5, 5.41) is 8.79. The molecule has 15 heteroatoms. The number of halogens is 3. The van der Waals surface area contributed by atoms with Gasteiger partial charge < -0.3 is 14.3 Å². The second-order valence-corrected chi connectivity index (χ2v) is 10.5. The van der Waals surface area contributed by atoms with E-state index in [1.54, 1.807) is 24.3 Å². The quantitative estimate of drug-likeness (QED) is 0.115. The van der Waals surface area contributed by atoms with Crippen molar-refractivity contribution in [1.82, 2.24) is 14.5 Å². The Labute approximate surface area is 238 Å². The topological polar surface area (TPSA) is 152 Å². The molecule has 0 fully saturated rings. The largest absolute Gasteiger partial charge is 0.442 e. The molecule has 0 saturated heterocycles. The van der Waals surface area contributed by atoms with Gasteiger partial charge in [0.2, 0.25) is 10.0 Å². The van der Waals surface area contributed by atoms with Gasteiger partial charge in [0.25, 0.3) is 6.41 Å². The number of carbonyl (C=O) groups excluding carboxylic acids is 1. The molecule has 1 heterocycles. The van der Waals surface area contributed by atoms with E-state index in [1.807, 2.05) is 0 Å². The lowest BCUT2D eigenvalue weighted by molar-refractivity contribution is -0.141. The van der Waals surface area contributed by atoms with Crippen molar-refractivity contribution in [1.29, 1.82) is 0 Å². The van der Waals surface area contributed by atoms with Crippen LogP contribution in [0, 0.1) is 0 Å². The summed E-state index contributed by atoms with van der Waals surface area (Å²) in [5.74, 6) is 0.697. The minimum Gasteiger partial charge on any atom is -0.442 e. The van der Waals surface area contributed by atoms with Gasteiger partial charge >= 0.3 is 6.18 Å². The zero-order valence-electron chi connectivity index (χ0n) is 21.0. The van der Waals surface area contributed by atoms with Gasteiger partial charge in [-0.05, 0) is 78.7 Å². The van der Waals surface area contributed by atoms with Crippen LogP contribution in [0.1, 0.15) is 11.3 Å². The molecule has 0 aliphatic rings. The fraction of sp³-hybridized carbons (Fsp3) is 0.154. The van der Waals surface area contributed by atoms with E-state index in [1.165, 1.54) is 48.5 Å². The third kappa shape index (κ3) is 7.65.